The predicted molar refractivity (Wildman–Crippen MR) is 71.8 cm³/mol. The molecule has 2 rings (SSSR count). The molecule has 0 aliphatic rings. The highest BCUT2D eigenvalue weighted by Crippen LogP contribution is 2.31. The summed E-state index contributed by atoms with van der Waals surface area (Å²) >= 11 is 8.91. The predicted octanol–water partition coefficient (Wildman–Crippen LogP) is 0.676. The van der Waals surface area contributed by atoms with Crippen LogP contribution >= 0.6 is 27.5 Å². The first kappa shape index (κ1) is 14.2. The molecule has 0 bridgehead atoms. The second-order valence-electron chi connectivity index (χ2n) is 3.46. The molecule has 102 valence electrons. The van der Waals surface area contributed by atoms with E-state index in [4.69, 9.17) is 17.3 Å². The third kappa shape index (κ3) is 3.21. The minimum Gasteiger partial charge on any atom is -0.398 e. The van der Waals surface area contributed by atoms with Gasteiger partial charge in [-0.1, -0.05) is 16.8 Å². The van der Waals surface area contributed by atoms with E-state index in [9.17, 15) is 8.42 Å². The fourth-order valence-corrected chi connectivity index (χ4v) is 3.54. The van der Waals surface area contributed by atoms with Gasteiger partial charge in [-0.2, -0.15) is 5.21 Å². The second kappa shape index (κ2) is 5.41. The second-order valence-corrected chi connectivity index (χ2v) is 6.42. The molecule has 0 aliphatic carbocycles. The maximum Gasteiger partial charge on any atom is 0.242 e. The van der Waals surface area contributed by atoms with E-state index < -0.39 is 10.0 Å². The minimum absolute atomic E-state index is 0.0546. The molecule has 19 heavy (non-hydrogen) atoms. The van der Waals surface area contributed by atoms with Gasteiger partial charge in [-0.25, -0.2) is 13.1 Å². The number of nitrogens with two attached hydrogens (primary N) is 1. The van der Waals surface area contributed by atoms with Crippen molar-refractivity contribution in [2.45, 2.75) is 11.4 Å². The van der Waals surface area contributed by atoms with Crippen molar-refractivity contribution in [2.75, 3.05) is 5.73 Å². The Bertz CT molecular complexity index is 690. The summed E-state index contributed by atoms with van der Waals surface area (Å²) in [5.74, 6) is 0.217. The van der Waals surface area contributed by atoms with Gasteiger partial charge in [0.15, 0.2) is 5.82 Å². The Hall–Kier alpha value is -1.23. The van der Waals surface area contributed by atoms with E-state index in [0.29, 0.717) is 0 Å². The van der Waals surface area contributed by atoms with Crippen LogP contribution in [-0.2, 0) is 16.6 Å². The third-order valence-corrected chi connectivity index (χ3v) is 4.92. The van der Waals surface area contributed by atoms with Gasteiger partial charge in [-0.05, 0) is 28.1 Å². The zero-order chi connectivity index (χ0) is 14.0. The summed E-state index contributed by atoms with van der Waals surface area (Å²) < 4.78 is 26.8. The fourth-order valence-electron chi connectivity index (χ4n) is 1.27. The van der Waals surface area contributed by atoms with Crippen LogP contribution in [0.1, 0.15) is 5.82 Å². The summed E-state index contributed by atoms with van der Waals surface area (Å²) in [6.07, 6.45) is 0. The normalized spacial score (nSPS) is 11.7. The van der Waals surface area contributed by atoms with Crippen molar-refractivity contribution in [3.63, 3.8) is 0 Å². The monoisotopic (exact) mass is 366 g/mol. The number of anilines is 1. The average Bonchev–Trinajstić information content (AvgIpc) is 2.84. The lowest BCUT2D eigenvalue weighted by atomic mass is 10.3. The van der Waals surface area contributed by atoms with Gasteiger partial charge in [0.2, 0.25) is 10.0 Å². The number of halogens is 2. The Morgan fingerprint density at radius 3 is 2.84 bits per heavy atom. The Labute approximate surface area is 121 Å². The van der Waals surface area contributed by atoms with Gasteiger partial charge >= 0.3 is 0 Å². The molecule has 0 saturated carbocycles. The molecule has 1 aromatic heterocycles. The number of tetrazole rings is 1. The van der Waals surface area contributed by atoms with E-state index in [2.05, 4.69) is 41.3 Å². The van der Waals surface area contributed by atoms with Gasteiger partial charge in [0, 0.05) is 10.7 Å². The van der Waals surface area contributed by atoms with Crippen LogP contribution < -0.4 is 10.5 Å². The van der Waals surface area contributed by atoms with E-state index in [-0.39, 0.29) is 32.4 Å². The van der Waals surface area contributed by atoms with Crippen molar-refractivity contribution in [3.8, 4) is 0 Å². The number of aromatic amines is 1. The first-order valence-electron chi connectivity index (χ1n) is 4.86. The molecule has 0 spiro atoms. The number of hydrogen-bond donors (Lipinski definition) is 3. The number of hydrogen-bond acceptors (Lipinski definition) is 6. The topological polar surface area (TPSA) is 127 Å². The average molecular weight is 368 g/mol. The molecule has 1 heterocycles. The van der Waals surface area contributed by atoms with Gasteiger partial charge in [-0.15, -0.1) is 10.2 Å². The highest BCUT2D eigenvalue weighted by atomic mass is 79.9. The highest BCUT2D eigenvalue weighted by molar-refractivity contribution is 9.10. The Balaban J connectivity index is 2.29. The van der Waals surface area contributed by atoms with Crippen LogP contribution in [0.2, 0.25) is 5.02 Å². The first-order chi connectivity index (χ1) is 8.90. The lowest BCUT2D eigenvalue weighted by Gasteiger charge is -2.09. The molecule has 0 radical (unpaired) electrons. The van der Waals surface area contributed by atoms with Gasteiger partial charge < -0.3 is 5.73 Å². The zero-order valence-corrected chi connectivity index (χ0v) is 12.4. The third-order valence-electron chi connectivity index (χ3n) is 2.13. The number of nitrogens with zero attached hydrogens (tertiary/aromatic N) is 3. The van der Waals surface area contributed by atoms with Crippen molar-refractivity contribution in [3.05, 3.63) is 27.5 Å². The summed E-state index contributed by atoms with van der Waals surface area (Å²) in [5.41, 5.74) is 5.87. The molecule has 0 fully saturated rings. The smallest absolute Gasteiger partial charge is 0.242 e. The molecular weight excluding hydrogens is 360 g/mol. The number of benzene rings is 1. The molecule has 11 heteroatoms. The van der Waals surface area contributed by atoms with E-state index in [0.717, 1.165) is 0 Å². The molecular formula is C8H8BrClN6O2S. The standard InChI is InChI=1S/C8H8BrClN6O2S/c9-8-5(11)1-4(10)2-6(8)19(17,18)12-3-7-13-15-16-14-7/h1-2,12H,3,11H2,(H,13,14,15,16). The van der Waals surface area contributed by atoms with E-state index in [1.54, 1.807) is 0 Å². The quantitative estimate of drug-likeness (QED) is 0.682. The lowest BCUT2D eigenvalue weighted by Crippen LogP contribution is -2.24. The Morgan fingerprint density at radius 2 is 2.21 bits per heavy atom. The SMILES string of the molecule is Nc1cc(Cl)cc(S(=O)(=O)NCc2nn[nH]n2)c1Br. The highest BCUT2D eigenvalue weighted by Gasteiger charge is 2.20. The zero-order valence-electron chi connectivity index (χ0n) is 9.26. The Kier molecular flexibility index (Phi) is 4.04. The van der Waals surface area contributed by atoms with E-state index in [1.807, 2.05) is 0 Å². The maximum atomic E-state index is 12.1. The van der Waals surface area contributed by atoms with E-state index in [1.165, 1.54) is 12.1 Å². The van der Waals surface area contributed by atoms with Gasteiger partial charge in [0.25, 0.3) is 0 Å². The van der Waals surface area contributed by atoms with Gasteiger partial charge in [-0.3, -0.25) is 0 Å². The van der Waals surface area contributed by atoms with Crippen molar-refractivity contribution in [2.24, 2.45) is 0 Å². The molecule has 1 aromatic carbocycles. The molecule has 0 amide bonds. The summed E-state index contributed by atoms with van der Waals surface area (Å²) in [5, 5.41) is 13.0. The molecule has 0 aliphatic heterocycles. The summed E-state index contributed by atoms with van der Waals surface area (Å²) in [6, 6.07) is 2.74. The largest absolute Gasteiger partial charge is 0.398 e. The number of sulfonamides is 1. The maximum absolute atomic E-state index is 12.1. The van der Waals surface area contributed by atoms with Crippen molar-refractivity contribution < 1.29 is 8.42 Å². The molecule has 4 N–H and O–H groups in total. The molecule has 2 aromatic rings. The van der Waals surface area contributed by atoms with Gasteiger partial charge in [0.1, 0.15) is 0 Å². The van der Waals surface area contributed by atoms with Crippen molar-refractivity contribution in [1.82, 2.24) is 25.3 Å². The molecule has 8 nitrogen and oxygen atoms in total. The van der Waals surface area contributed by atoms with Crippen LogP contribution in [0.4, 0.5) is 5.69 Å². The summed E-state index contributed by atoms with van der Waals surface area (Å²) in [7, 11) is -3.80. The molecule has 0 unspecified atom stereocenters. The van der Waals surface area contributed by atoms with Crippen LogP contribution in [0, 0.1) is 0 Å². The van der Waals surface area contributed by atoms with Gasteiger partial charge in [0.05, 0.1) is 15.9 Å². The van der Waals surface area contributed by atoms with Crippen LogP contribution in [0.25, 0.3) is 0 Å². The van der Waals surface area contributed by atoms with Crippen LogP contribution in [0.5, 0.6) is 0 Å². The summed E-state index contributed by atoms with van der Waals surface area (Å²) in [4.78, 5) is -0.0546. The van der Waals surface area contributed by atoms with Crippen molar-refractivity contribution >= 4 is 43.2 Å². The minimum atomic E-state index is -3.80. The van der Waals surface area contributed by atoms with E-state index >= 15 is 0 Å². The number of nitrogen functional groups attached to an aromatic ring is 1. The number of H-pyrrole nitrogens is 1. The lowest BCUT2D eigenvalue weighted by molar-refractivity contribution is 0.579. The fraction of sp³-hybridized carbons (Fsp3) is 0.125. The van der Waals surface area contributed by atoms with Crippen LogP contribution in [0.3, 0.4) is 0 Å². The Morgan fingerprint density at radius 1 is 1.47 bits per heavy atom. The van der Waals surface area contributed by atoms with Crippen molar-refractivity contribution in [1.29, 1.82) is 0 Å². The van der Waals surface area contributed by atoms with Crippen LogP contribution in [-0.4, -0.2) is 29.0 Å². The first-order valence-corrected chi connectivity index (χ1v) is 7.52. The number of rotatable bonds is 4. The molecule has 0 atom stereocenters. The number of aromatic nitrogens is 4. The number of nitrogens with one attached hydrogen (secondary N) is 2. The summed E-state index contributed by atoms with van der Waals surface area (Å²) in [6.45, 7) is -0.0995. The molecule has 0 saturated heterocycles. The van der Waals surface area contributed by atoms with Crippen LogP contribution in [0.15, 0.2) is 21.5 Å².